The molecule has 1 amide bonds. The van der Waals surface area contributed by atoms with Gasteiger partial charge >= 0.3 is 0 Å². The summed E-state index contributed by atoms with van der Waals surface area (Å²) < 4.78 is 11.4. The number of amides is 1. The number of benzene rings is 2. The third-order valence-corrected chi connectivity index (χ3v) is 4.70. The number of fused-ring (bicyclic) bond motifs is 1. The number of nitrogens with one attached hydrogen (secondary N) is 1. The van der Waals surface area contributed by atoms with E-state index in [1.807, 2.05) is 35.3 Å². The lowest BCUT2D eigenvalue weighted by molar-refractivity contribution is 0.0126. The summed E-state index contributed by atoms with van der Waals surface area (Å²) in [5.41, 5.74) is 4.72. The van der Waals surface area contributed by atoms with E-state index in [1.54, 1.807) is 25.1 Å². The van der Waals surface area contributed by atoms with Crippen LogP contribution < -0.4 is 10.9 Å². The first-order chi connectivity index (χ1) is 13.1. The van der Waals surface area contributed by atoms with Crippen molar-refractivity contribution in [2.45, 2.75) is 6.92 Å². The van der Waals surface area contributed by atoms with Crippen molar-refractivity contribution in [1.29, 1.82) is 0 Å². The first-order valence-electron chi connectivity index (χ1n) is 8.90. The summed E-state index contributed by atoms with van der Waals surface area (Å²) in [7, 11) is 0. The lowest BCUT2D eigenvalue weighted by Crippen LogP contribution is -2.48. The zero-order chi connectivity index (χ0) is 18.8. The molecular formula is C21H20N2O4. The Kier molecular flexibility index (Phi) is 4.75. The normalized spacial score (nSPS) is 15.0. The number of ether oxygens (including phenoxy) is 1. The number of rotatable bonds is 3. The molecule has 6 nitrogen and oxygen atoms in total. The van der Waals surface area contributed by atoms with Crippen LogP contribution in [0.3, 0.4) is 0 Å². The van der Waals surface area contributed by atoms with E-state index >= 15 is 0 Å². The molecule has 1 aliphatic rings. The topological polar surface area (TPSA) is 71.8 Å². The van der Waals surface area contributed by atoms with Crippen LogP contribution in [-0.4, -0.2) is 37.2 Å². The SMILES string of the molecule is Cc1c(-c2ccccc2)oc2c(C(=O)NN3CCOCC3)cccc2c1=O. The zero-order valence-electron chi connectivity index (χ0n) is 15.0. The van der Waals surface area contributed by atoms with Gasteiger partial charge in [0, 0.05) is 24.2 Å². The molecule has 2 heterocycles. The van der Waals surface area contributed by atoms with E-state index in [9.17, 15) is 9.59 Å². The Hall–Kier alpha value is -2.96. The van der Waals surface area contributed by atoms with Crippen molar-refractivity contribution >= 4 is 16.9 Å². The Morgan fingerprint density at radius 2 is 1.78 bits per heavy atom. The molecule has 6 heteroatoms. The molecule has 1 aromatic heterocycles. The van der Waals surface area contributed by atoms with E-state index in [4.69, 9.17) is 9.15 Å². The number of nitrogens with zero attached hydrogens (tertiary/aromatic N) is 1. The maximum atomic E-state index is 12.9. The number of hydrogen-bond donors (Lipinski definition) is 1. The third-order valence-electron chi connectivity index (χ3n) is 4.70. The zero-order valence-corrected chi connectivity index (χ0v) is 15.0. The smallest absolute Gasteiger partial charge is 0.269 e. The van der Waals surface area contributed by atoms with Gasteiger partial charge in [-0.05, 0) is 19.1 Å². The quantitative estimate of drug-likeness (QED) is 0.774. The van der Waals surface area contributed by atoms with E-state index in [-0.39, 0.29) is 11.3 Å². The fourth-order valence-corrected chi connectivity index (χ4v) is 3.23. The van der Waals surface area contributed by atoms with E-state index in [1.165, 1.54) is 0 Å². The van der Waals surface area contributed by atoms with Gasteiger partial charge in [-0.1, -0.05) is 36.4 Å². The second-order valence-corrected chi connectivity index (χ2v) is 6.47. The second-order valence-electron chi connectivity index (χ2n) is 6.47. The largest absolute Gasteiger partial charge is 0.455 e. The average Bonchev–Trinajstić information content (AvgIpc) is 2.71. The van der Waals surface area contributed by atoms with Crippen LogP contribution in [0, 0.1) is 6.92 Å². The maximum absolute atomic E-state index is 12.9. The van der Waals surface area contributed by atoms with Crippen molar-refractivity contribution in [2.75, 3.05) is 26.3 Å². The van der Waals surface area contributed by atoms with Crippen LogP contribution in [0.2, 0.25) is 0 Å². The molecular weight excluding hydrogens is 344 g/mol. The van der Waals surface area contributed by atoms with Crippen molar-refractivity contribution in [3.05, 3.63) is 69.9 Å². The van der Waals surface area contributed by atoms with Gasteiger partial charge in [0.25, 0.3) is 5.91 Å². The van der Waals surface area contributed by atoms with E-state index in [0.29, 0.717) is 54.2 Å². The number of para-hydroxylation sites is 1. The van der Waals surface area contributed by atoms with Crippen LogP contribution in [0.25, 0.3) is 22.3 Å². The van der Waals surface area contributed by atoms with E-state index in [2.05, 4.69) is 5.43 Å². The summed E-state index contributed by atoms with van der Waals surface area (Å²) in [6.45, 7) is 4.13. The molecule has 27 heavy (non-hydrogen) atoms. The Bertz CT molecular complexity index is 1040. The van der Waals surface area contributed by atoms with Gasteiger partial charge in [0.2, 0.25) is 0 Å². The first kappa shape index (κ1) is 17.5. The van der Waals surface area contributed by atoms with Gasteiger partial charge in [0.05, 0.1) is 24.2 Å². The van der Waals surface area contributed by atoms with Gasteiger partial charge in [-0.2, -0.15) is 0 Å². The molecule has 0 unspecified atom stereocenters. The number of hydrogen-bond acceptors (Lipinski definition) is 5. The third kappa shape index (κ3) is 3.37. The average molecular weight is 364 g/mol. The Labute approximate surface area is 156 Å². The monoisotopic (exact) mass is 364 g/mol. The van der Waals surface area contributed by atoms with Crippen molar-refractivity contribution in [2.24, 2.45) is 0 Å². The van der Waals surface area contributed by atoms with E-state index in [0.717, 1.165) is 5.56 Å². The predicted octanol–water partition coefficient (Wildman–Crippen LogP) is 2.75. The number of hydrazine groups is 1. The van der Waals surface area contributed by atoms with Crippen LogP contribution in [0.5, 0.6) is 0 Å². The number of carbonyl (C=O) groups is 1. The standard InChI is InChI=1S/C21H20N2O4/c1-14-18(24)16-8-5-9-17(21(25)22-23-10-12-26-13-11-23)20(16)27-19(14)15-6-3-2-4-7-15/h2-9H,10-13H2,1H3,(H,22,25). The summed E-state index contributed by atoms with van der Waals surface area (Å²) in [5, 5.41) is 2.22. The Balaban J connectivity index is 1.81. The minimum Gasteiger partial charge on any atom is -0.455 e. The highest BCUT2D eigenvalue weighted by Gasteiger charge is 2.20. The molecule has 4 rings (SSSR count). The second kappa shape index (κ2) is 7.34. The summed E-state index contributed by atoms with van der Waals surface area (Å²) in [6.07, 6.45) is 0. The fourth-order valence-electron chi connectivity index (χ4n) is 3.23. The minimum absolute atomic E-state index is 0.129. The minimum atomic E-state index is -0.298. The molecule has 0 bridgehead atoms. The van der Waals surface area contributed by atoms with Crippen LogP contribution in [-0.2, 0) is 4.74 Å². The molecule has 0 radical (unpaired) electrons. The summed E-state index contributed by atoms with van der Waals surface area (Å²) >= 11 is 0. The molecule has 1 N–H and O–H groups in total. The van der Waals surface area contributed by atoms with Gasteiger partial charge in [0.15, 0.2) is 11.0 Å². The first-order valence-corrected chi connectivity index (χ1v) is 8.90. The number of carbonyl (C=O) groups excluding carboxylic acids is 1. The summed E-state index contributed by atoms with van der Waals surface area (Å²) in [5.74, 6) is 0.188. The van der Waals surface area contributed by atoms with Crippen molar-refractivity contribution in [1.82, 2.24) is 10.4 Å². The van der Waals surface area contributed by atoms with Gasteiger partial charge in [-0.3, -0.25) is 15.0 Å². The summed E-state index contributed by atoms with van der Waals surface area (Å²) in [4.78, 5) is 25.7. The molecule has 0 spiro atoms. The van der Waals surface area contributed by atoms with Crippen molar-refractivity contribution in [3.63, 3.8) is 0 Å². The molecule has 3 aromatic rings. The molecule has 0 aliphatic carbocycles. The van der Waals surface area contributed by atoms with Crippen LogP contribution in [0.1, 0.15) is 15.9 Å². The highest BCUT2D eigenvalue weighted by Crippen LogP contribution is 2.27. The van der Waals surface area contributed by atoms with Crippen molar-refractivity contribution in [3.8, 4) is 11.3 Å². The molecule has 2 aromatic carbocycles. The lowest BCUT2D eigenvalue weighted by Gasteiger charge is -2.27. The van der Waals surface area contributed by atoms with Gasteiger partial charge in [0.1, 0.15) is 5.76 Å². The molecule has 1 aliphatic heterocycles. The number of morpholine rings is 1. The summed E-state index contributed by atoms with van der Waals surface area (Å²) in [6, 6.07) is 14.5. The van der Waals surface area contributed by atoms with Gasteiger partial charge < -0.3 is 9.15 Å². The van der Waals surface area contributed by atoms with Crippen LogP contribution in [0.15, 0.2) is 57.7 Å². The van der Waals surface area contributed by atoms with E-state index < -0.39 is 0 Å². The molecule has 0 saturated carbocycles. The molecule has 138 valence electrons. The van der Waals surface area contributed by atoms with Crippen LogP contribution >= 0.6 is 0 Å². The maximum Gasteiger partial charge on any atom is 0.269 e. The van der Waals surface area contributed by atoms with Crippen LogP contribution in [0.4, 0.5) is 0 Å². The highest BCUT2D eigenvalue weighted by atomic mass is 16.5. The molecule has 1 saturated heterocycles. The predicted molar refractivity (Wildman–Crippen MR) is 103 cm³/mol. The molecule has 0 atom stereocenters. The highest BCUT2D eigenvalue weighted by molar-refractivity contribution is 6.04. The van der Waals surface area contributed by atoms with Gasteiger partial charge in [-0.15, -0.1) is 0 Å². The van der Waals surface area contributed by atoms with Gasteiger partial charge in [-0.25, -0.2) is 5.01 Å². The fraction of sp³-hybridized carbons (Fsp3) is 0.238. The molecule has 1 fully saturated rings. The Morgan fingerprint density at radius 3 is 2.52 bits per heavy atom. The lowest BCUT2D eigenvalue weighted by atomic mass is 10.0. The van der Waals surface area contributed by atoms with Crippen molar-refractivity contribution < 1.29 is 13.9 Å². The Morgan fingerprint density at radius 1 is 1.04 bits per heavy atom.